The lowest BCUT2D eigenvalue weighted by Crippen LogP contribution is -2.52. The molecule has 8 saturated carbocycles. The van der Waals surface area contributed by atoms with E-state index in [0.29, 0.717) is 46.9 Å². The summed E-state index contributed by atoms with van der Waals surface area (Å²) in [7, 11) is 0. The van der Waals surface area contributed by atoms with Gasteiger partial charge in [0.1, 0.15) is 5.82 Å². The molecule has 0 radical (unpaired) electrons. The highest BCUT2D eigenvalue weighted by Crippen LogP contribution is 2.61. The Bertz CT molecular complexity index is 870. The topological polar surface area (TPSA) is 58.2 Å². The van der Waals surface area contributed by atoms with Gasteiger partial charge in [-0.1, -0.05) is 0 Å². The van der Waals surface area contributed by atoms with Crippen molar-refractivity contribution < 1.29 is 14.0 Å². The number of anilines is 2. The van der Waals surface area contributed by atoms with Crippen LogP contribution in [0.4, 0.5) is 15.8 Å². The Morgan fingerprint density at radius 3 is 1.21 bits per heavy atom. The second-order valence-electron chi connectivity index (χ2n) is 13.0. The molecule has 8 fully saturated rings. The molecule has 4 nitrogen and oxygen atoms in total. The van der Waals surface area contributed by atoms with Crippen LogP contribution >= 0.6 is 0 Å². The fourth-order valence-electron chi connectivity index (χ4n) is 10.0. The predicted molar refractivity (Wildman–Crippen MR) is 125 cm³/mol. The standard InChI is InChI=1S/C28H35FN2O2/c29-22-7-23(30-25(32)27-10-16-1-17(11-27)3-18(2-16)12-27)9-24(8-22)31-26(33)28-13-19-4-20(14-28)6-21(5-19)15-28/h7-9,16-21H,1-6,10-15H2,(H,30,32)(H,31,33). The molecule has 8 aliphatic carbocycles. The van der Waals surface area contributed by atoms with Gasteiger partial charge in [-0.2, -0.15) is 0 Å². The molecule has 1 aromatic carbocycles. The fourth-order valence-corrected chi connectivity index (χ4v) is 10.0. The minimum absolute atomic E-state index is 0.0607. The summed E-state index contributed by atoms with van der Waals surface area (Å²) in [6, 6.07) is 4.53. The van der Waals surface area contributed by atoms with Crippen LogP contribution in [-0.4, -0.2) is 11.8 Å². The van der Waals surface area contributed by atoms with Gasteiger partial charge in [-0.15, -0.1) is 0 Å². The van der Waals surface area contributed by atoms with Crippen LogP contribution in [0.5, 0.6) is 0 Å². The molecular formula is C28H35FN2O2. The molecule has 33 heavy (non-hydrogen) atoms. The number of hydrogen-bond donors (Lipinski definition) is 2. The highest BCUT2D eigenvalue weighted by molar-refractivity contribution is 5.98. The lowest BCUT2D eigenvalue weighted by molar-refractivity contribution is -0.140. The summed E-state index contributed by atoms with van der Waals surface area (Å²) in [5, 5.41) is 6.12. The lowest BCUT2D eigenvalue weighted by atomic mass is 9.49. The summed E-state index contributed by atoms with van der Waals surface area (Å²) in [6.07, 6.45) is 13.6. The van der Waals surface area contributed by atoms with Crippen LogP contribution < -0.4 is 10.6 Å². The third-order valence-corrected chi connectivity index (χ3v) is 10.5. The number of benzene rings is 1. The van der Waals surface area contributed by atoms with Crippen molar-refractivity contribution in [3.8, 4) is 0 Å². The van der Waals surface area contributed by atoms with E-state index in [4.69, 9.17) is 0 Å². The summed E-state index contributed by atoms with van der Waals surface area (Å²) in [4.78, 5) is 26.8. The fraction of sp³-hybridized carbons (Fsp3) is 0.714. The van der Waals surface area contributed by atoms with E-state index in [9.17, 15) is 14.0 Å². The van der Waals surface area contributed by atoms with Gasteiger partial charge in [-0.25, -0.2) is 4.39 Å². The summed E-state index contributed by atoms with van der Waals surface area (Å²) < 4.78 is 14.5. The lowest BCUT2D eigenvalue weighted by Gasteiger charge is -2.55. The van der Waals surface area contributed by atoms with Gasteiger partial charge < -0.3 is 10.6 Å². The maximum Gasteiger partial charge on any atom is 0.230 e. The first-order chi connectivity index (χ1) is 15.9. The molecular weight excluding hydrogens is 415 g/mol. The molecule has 2 amide bonds. The Morgan fingerprint density at radius 1 is 0.606 bits per heavy atom. The van der Waals surface area contributed by atoms with Crippen molar-refractivity contribution in [2.45, 2.75) is 77.0 Å². The van der Waals surface area contributed by atoms with Crippen molar-refractivity contribution >= 4 is 23.2 Å². The van der Waals surface area contributed by atoms with E-state index in [-0.39, 0.29) is 22.6 Å². The zero-order chi connectivity index (χ0) is 22.4. The van der Waals surface area contributed by atoms with Crippen molar-refractivity contribution in [1.82, 2.24) is 0 Å². The Kier molecular flexibility index (Phi) is 4.37. The third kappa shape index (κ3) is 3.36. The molecule has 0 aromatic heterocycles. The van der Waals surface area contributed by atoms with Gasteiger partial charge in [0.2, 0.25) is 11.8 Å². The number of carbonyl (C=O) groups is 2. The van der Waals surface area contributed by atoms with Crippen LogP contribution in [0.25, 0.3) is 0 Å². The van der Waals surface area contributed by atoms with E-state index in [1.54, 1.807) is 6.07 Å². The van der Waals surface area contributed by atoms with Crippen LogP contribution in [-0.2, 0) is 9.59 Å². The molecule has 8 aliphatic rings. The summed E-state index contributed by atoms with van der Waals surface area (Å²) in [5.41, 5.74) is 0.390. The van der Waals surface area contributed by atoms with Crippen molar-refractivity contribution in [2.24, 2.45) is 46.3 Å². The molecule has 0 spiro atoms. The van der Waals surface area contributed by atoms with Gasteiger partial charge in [0.25, 0.3) is 0 Å². The average molecular weight is 451 g/mol. The summed E-state index contributed by atoms with van der Waals surface area (Å²) in [5.74, 6) is 3.81. The average Bonchev–Trinajstić information content (AvgIpc) is 2.71. The highest BCUT2D eigenvalue weighted by Gasteiger charge is 2.55. The van der Waals surface area contributed by atoms with E-state index in [2.05, 4.69) is 10.6 Å². The molecule has 2 N–H and O–H groups in total. The van der Waals surface area contributed by atoms with Crippen molar-refractivity contribution in [3.05, 3.63) is 24.0 Å². The molecule has 9 rings (SSSR count). The van der Waals surface area contributed by atoms with E-state index in [1.807, 2.05) is 0 Å². The van der Waals surface area contributed by atoms with Crippen LogP contribution in [0.2, 0.25) is 0 Å². The Hall–Kier alpha value is -1.91. The van der Waals surface area contributed by atoms with Gasteiger partial charge >= 0.3 is 0 Å². The third-order valence-electron chi connectivity index (χ3n) is 10.5. The maximum atomic E-state index is 14.5. The Labute approximate surface area is 195 Å². The molecule has 176 valence electrons. The molecule has 0 aliphatic heterocycles. The Morgan fingerprint density at radius 2 is 0.909 bits per heavy atom. The van der Waals surface area contributed by atoms with E-state index < -0.39 is 5.82 Å². The first-order valence-electron chi connectivity index (χ1n) is 13.3. The zero-order valence-electron chi connectivity index (χ0n) is 19.4. The van der Waals surface area contributed by atoms with Gasteiger partial charge in [0.05, 0.1) is 10.8 Å². The highest BCUT2D eigenvalue weighted by atomic mass is 19.1. The summed E-state index contributed by atoms with van der Waals surface area (Å²) in [6.45, 7) is 0. The van der Waals surface area contributed by atoms with Gasteiger partial charge in [0, 0.05) is 11.4 Å². The minimum Gasteiger partial charge on any atom is -0.325 e. The number of hydrogen-bond acceptors (Lipinski definition) is 2. The Balaban J connectivity index is 1.09. The number of amides is 2. The number of halogens is 1. The first kappa shape index (κ1) is 20.5. The second-order valence-corrected chi connectivity index (χ2v) is 13.0. The predicted octanol–water partition coefficient (Wildman–Crippen LogP) is 6.14. The molecule has 0 saturated heterocycles. The van der Waals surface area contributed by atoms with Gasteiger partial charge in [0.15, 0.2) is 0 Å². The number of rotatable bonds is 4. The van der Waals surface area contributed by atoms with Crippen LogP contribution in [0, 0.1) is 52.2 Å². The quantitative estimate of drug-likeness (QED) is 0.579. The van der Waals surface area contributed by atoms with E-state index in [0.717, 1.165) is 38.5 Å². The van der Waals surface area contributed by atoms with Crippen molar-refractivity contribution in [3.63, 3.8) is 0 Å². The van der Waals surface area contributed by atoms with Crippen LogP contribution in [0.3, 0.4) is 0 Å². The molecule has 1 aromatic rings. The molecule has 5 heteroatoms. The largest absolute Gasteiger partial charge is 0.325 e. The maximum absolute atomic E-state index is 14.5. The first-order valence-corrected chi connectivity index (χ1v) is 13.3. The number of carbonyl (C=O) groups excluding carboxylic acids is 2. The minimum atomic E-state index is -0.417. The van der Waals surface area contributed by atoms with Crippen molar-refractivity contribution in [1.29, 1.82) is 0 Å². The SMILES string of the molecule is O=C(Nc1cc(F)cc(NC(=O)C23CC4CC(CC(C4)C2)C3)c1)C12CC3CC(CC(C3)C1)C2. The van der Waals surface area contributed by atoms with Crippen LogP contribution in [0.15, 0.2) is 18.2 Å². The summed E-state index contributed by atoms with van der Waals surface area (Å²) >= 11 is 0. The number of nitrogens with one attached hydrogen (secondary N) is 2. The zero-order valence-corrected chi connectivity index (χ0v) is 19.4. The monoisotopic (exact) mass is 450 g/mol. The van der Waals surface area contributed by atoms with Crippen LogP contribution in [0.1, 0.15) is 77.0 Å². The molecule has 0 unspecified atom stereocenters. The smallest absolute Gasteiger partial charge is 0.230 e. The normalized spacial score (nSPS) is 44.2. The molecule has 0 heterocycles. The molecule has 0 atom stereocenters. The second kappa shape index (κ2) is 7.05. The van der Waals surface area contributed by atoms with E-state index in [1.165, 1.54) is 50.7 Å². The van der Waals surface area contributed by atoms with Gasteiger partial charge in [-0.05, 0) is 131 Å². The van der Waals surface area contributed by atoms with E-state index >= 15 is 0 Å². The van der Waals surface area contributed by atoms with Gasteiger partial charge in [-0.3, -0.25) is 9.59 Å². The molecule has 8 bridgehead atoms. The van der Waals surface area contributed by atoms with Crippen molar-refractivity contribution in [2.75, 3.05) is 10.6 Å².